The van der Waals surface area contributed by atoms with E-state index in [0.29, 0.717) is 0 Å². The molecule has 0 atom stereocenters. The molecular formula is C12H14N4O2. The van der Waals surface area contributed by atoms with Gasteiger partial charge in [-0.15, -0.1) is 10.2 Å². The maximum Gasteiger partial charge on any atom is 0.335 e. The van der Waals surface area contributed by atoms with Gasteiger partial charge >= 0.3 is 5.97 Å². The minimum Gasteiger partial charge on any atom is -0.478 e. The third kappa shape index (κ3) is 2.85. The number of nitrogens with one attached hydrogen (secondary N) is 1. The van der Waals surface area contributed by atoms with Crippen molar-refractivity contribution in [2.24, 2.45) is 7.05 Å². The predicted molar refractivity (Wildman–Crippen MR) is 66.6 cm³/mol. The fraction of sp³-hybridized carbons (Fsp3) is 0.250. The monoisotopic (exact) mass is 246 g/mol. The van der Waals surface area contributed by atoms with E-state index in [1.807, 2.05) is 11.6 Å². The Bertz CT molecular complexity index is 533. The summed E-state index contributed by atoms with van der Waals surface area (Å²) >= 11 is 0. The lowest BCUT2D eigenvalue weighted by Crippen LogP contribution is -2.08. The van der Waals surface area contributed by atoms with Gasteiger partial charge in [0.05, 0.1) is 5.56 Å². The molecule has 2 aromatic rings. The smallest absolute Gasteiger partial charge is 0.335 e. The van der Waals surface area contributed by atoms with Gasteiger partial charge in [-0.2, -0.15) is 0 Å². The number of anilines is 1. The Morgan fingerprint density at radius 2 is 2.11 bits per heavy atom. The Hall–Kier alpha value is -2.37. The number of aryl methyl sites for hydroxylation is 1. The molecule has 94 valence electrons. The van der Waals surface area contributed by atoms with E-state index in [0.717, 1.165) is 24.5 Å². The van der Waals surface area contributed by atoms with Crippen molar-refractivity contribution in [3.8, 4) is 0 Å². The van der Waals surface area contributed by atoms with E-state index in [4.69, 9.17) is 5.11 Å². The number of aromatic carboxylic acids is 1. The van der Waals surface area contributed by atoms with Crippen molar-refractivity contribution in [3.05, 3.63) is 42.0 Å². The van der Waals surface area contributed by atoms with Crippen LogP contribution in [0.4, 0.5) is 5.69 Å². The molecule has 0 saturated carbocycles. The highest BCUT2D eigenvalue weighted by Crippen LogP contribution is 2.09. The predicted octanol–water partition coefficient (Wildman–Crippen LogP) is 1.17. The second-order valence-electron chi connectivity index (χ2n) is 3.92. The third-order valence-electron chi connectivity index (χ3n) is 2.61. The number of rotatable bonds is 5. The molecule has 0 radical (unpaired) electrons. The zero-order valence-corrected chi connectivity index (χ0v) is 10.00. The second-order valence-corrected chi connectivity index (χ2v) is 3.92. The molecule has 0 aliphatic heterocycles. The molecule has 6 heteroatoms. The SMILES string of the molecule is Cn1cnnc1CCNc1ccc(C(=O)O)cc1. The van der Waals surface area contributed by atoms with Crippen LogP contribution in [0.1, 0.15) is 16.2 Å². The molecule has 0 bridgehead atoms. The summed E-state index contributed by atoms with van der Waals surface area (Å²) in [6, 6.07) is 6.65. The summed E-state index contributed by atoms with van der Waals surface area (Å²) in [5, 5.41) is 19.7. The number of carbonyl (C=O) groups is 1. The number of hydrogen-bond acceptors (Lipinski definition) is 4. The van der Waals surface area contributed by atoms with Crippen LogP contribution in [0.5, 0.6) is 0 Å². The molecule has 6 nitrogen and oxygen atoms in total. The van der Waals surface area contributed by atoms with Gasteiger partial charge in [0.15, 0.2) is 0 Å². The molecule has 0 aliphatic rings. The highest BCUT2D eigenvalue weighted by molar-refractivity contribution is 5.87. The van der Waals surface area contributed by atoms with Gasteiger partial charge in [-0.3, -0.25) is 0 Å². The first-order chi connectivity index (χ1) is 8.66. The van der Waals surface area contributed by atoms with Crippen LogP contribution >= 0.6 is 0 Å². The Labute approximate surface area is 104 Å². The largest absolute Gasteiger partial charge is 0.478 e. The normalized spacial score (nSPS) is 10.3. The number of carboxylic acid groups (broad SMARTS) is 1. The lowest BCUT2D eigenvalue weighted by atomic mass is 10.2. The summed E-state index contributed by atoms with van der Waals surface area (Å²) in [5.74, 6) is -0.00899. The fourth-order valence-corrected chi connectivity index (χ4v) is 1.58. The zero-order chi connectivity index (χ0) is 13.0. The summed E-state index contributed by atoms with van der Waals surface area (Å²) < 4.78 is 1.87. The number of carboxylic acids is 1. The van der Waals surface area contributed by atoms with E-state index in [2.05, 4.69) is 15.5 Å². The van der Waals surface area contributed by atoms with E-state index >= 15 is 0 Å². The first-order valence-corrected chi connectivity index (χ1v) is 5.57. The summed E-state index contributed by atoms with van der Waals surface area (Å²) in [4.78, 5) is 10.7. The van der Waals surface area contributed by atoms with Gasteiger partial charge in [-0.1, -0.05) is 0 Å². The van der Waals surface area contributed by atoms with Crippen LogP contribution in [0.2, 0.25) is 0 Å². The molecular weight excluding hydrogens is 232 g/mol. The highest BCUT2D eigenvalue weighted by atomic mass is 16.4. The van der Waals surface area contributed by atoms with Crippen molar-refractivity contribution in [1.82, 2.24) is 14.8 Å². The van der Waals surface area contributed by atoms with Crippen LogP contribution < -0.4 is 5.32 Å². The van der Waals surface area contributed by atoms with Crippen LogP contribution in [-0.2, 0) is 13.5 Å². The molecule has 2 rings (SSSR count). The van der Waals surface area contributed by atoms with Crippen LogP contribution in [-0.4, -0.2) is 32.4 Å². The van der Waals surface area contributed by atoms with Gasteiger partial charge in [0.25, 0.3) is 0 Å². The van der Waals surface area contributed by atoms with Crippen molar-refractivity contribution in [3.63, 3.8) is 0 Å². The fourth-order valence-electron chi connectivity index (χ4n) is 1.58. The molecule has 0 saturated heterocycles. The van der Waals surface area contributed by atoms with Gasteiger partial charge in [-0.25, -0.2) is 4.79 Å². The first kappa shape index (κ1) is 12.1. The summed E-state index contributed by atoms with van der Waals surface area (Å²) in [6.45, 7) is 0.721. The quantitative estimate of drug-likeness (QED) is 0.827. The Morgan fingerprint density at radius 3 is 2.67 bits per heavy atom. The number of nitrogens with zero attached hydrogens (tertiary/aromatic N) is 3. The summed E-state index contributed by atoms with van der Waals surface area (Å²) in [5.41, 5.74) is 1.18. The van der Waals surface area contributed by atoms with Gasteiger partial charge in [0.1, 0.15) is 12.2 Å². The standard InChI is InChI=1S/C12H14N4O2/c1-16-8-14-15-11(16)6-7-13-10-4-2-9(3-5-10)12(17)18/h2-5,8,13H,6-7H2,1H3,(H,17,18). The van der Waals surface area contributed by atoms with E-state index in [9.17, 15) is 4.79 Å². The van der Waals surface area contributed by atoms with Crippen molar-refractivity contribution < 1.29 is 9.90 Å². The first-order valence-electron chi connectivity index (χ1n) is 5.57. The molecule has 18 heavy (non-hydrogen) atoms. The Balaban J connectivity index is 1.87. The summed E-state index contributed by atoms with van der Waals surface area (Å²) in [7, 11) is 1.90. The average molecular weight is 246 g/mol. The maximum atomic E-state index is 10.7. The third-order valence-corrected chi connectivity index (χ3v) is 2.61. The molecule has 1 aromatic carbocycles. The number of hydrogen-bond donors (Lipinski definition) is 2. The van der Waals surface area contributed by atoms with E-state index in [1.165, 1.54) is 0 Å². The topological polar surface area (TPSA) is 80.0 Å². The molecule has 0 amide bonds. The molecule has 0 aliphatic carbocycles. The molecule has 0 spiro atoms. The number of benzene rings is 1. The van der Waals surface area contributed by atoms with Crippen molar-refractivity contribution in [2.75, 3.05) is 11.9 Å². The van der Waals surface area contributed by atoms with E-state index in [1.54, 1.807) is 30.6 Å². The molecule has 1 aromatic heterocycles. The van der Waals surface area contributed by atoms with Crippen LogP contribution in [0.15, 0.2) is 30.6 Å². The van der Waals surface area contributed by atoms with Crippen LogP contribution in [0.3, 0.4) is 0 Å². The maximum absolute atomic E-state index is 10.7. The van der Waals surface area contributed by atoms with E-state index in [-0.39, 0.29) is 5.56 Å². The van der Waals surface area contributed by atoms with Gasteiger partial charge in [0, 0.05) is 25.7 Å². The van der Waals surface area contributed by atoms with Gasteiger partial charge in [0.2, 0.25) is 0 Å². The van der Waals surface area contributed by atoms with Crippen molar-refractivity contribution >= 4 is 11.7 Å². The molecule has 0 unspecified atom stereocenters. The average Bonchev–Trinajstić information content (AvgIpc) is 2.76. The molecule has 2 N–H and O–H groups in total. The van der Waals surface area contributed by atoms with E-state index < -0.39 is 5.97 Å². The van der Waals surface area contributed by atoms with Crippen molar-refractivity contribution in [2.45, 2.75) is 6.42 Å². The van der Waals surface area contributed by atoms with Crippen LogP contribution in [0, 0.1) is 0 Å². The lowest BCUT2D eigenvalue weighted by Gasteiger charge is -2.06. The molecule has 1 heterocycles. The molecule has 0 fully saturated rings. The van der Waals surface area contributed by atoms with Crippen LogP contribution in [0.25, 0.3) is 0 Å². The Kier molecular flexibility index (Phi) is 3.57. The Morgan fingerprint density at radius 1 is 1.39 bits per heavy atom. The number of aromatic nitrogens is 3. The van der Waals surface area contributed by atoms with Crippen molar-refractivity contribution in [1.29, 1.82) is 0 Å². The van der Waals surface area contributed by atoms with Gasteiger partial charge in [-0.05, 0) is 24.3 Å². The minimum atomic E-state index is -0.916. The minimum absolute atomic E-state index is 0.286. The zero-order valence-electron chi connectivity index (χ0n) is 10.00. The second kappa shape index (κ2) is 5.31. The van der Waals surface area contributed by atoms with Gasteiger partial charge < -0.3 is 15.0 Å². The lowest BCUT2D eigenvalue weighted by molar-refractivity contribution is 0.0697. The highest BCUT2D eigenvalue weighted by Gasteiger charge is 2.02. The summed E-state index contributed by atoms with van der Waals surface area (Å²) in [6.07, 6.45) is 2.42.